The highest BCUT2D eigenvalue weighted by Gasteiger charge is 2.38. The number of hydrogen-bond donors (Lipinski definition) is 2. The van der Waals surface area contributed by atoms with Crippen molar-refractivity contribution in [3.05, 3.63) is 98.7 Å². The van der Waals surface area contributed by atoms with Crippen LogP contribution in [0.4, 0.5) is 17.1 Å². The first kappa shape index (κ1) is 21.1. The quantitative estimate of drug-likeness (QED) is 0.352. The van der Waals surface area contributed by atoms with Crippen molar-refractivity contribution in [2.24, 2.45) is 0 Å². The molecule has 0 unspecified atom stereocenters. The van der Waals surface area contributed by atoms with Crippen LogP contribution in [0.3, 0.4) is 0 Å². The lowest BCUT2D eigenvalue weighted by molar-refractivity contribution is -0.120. The number of benzene rings is 3. The third kappa shape index (κ3) is 4.47. The van der Waals surface area contributed by atoms with Crippen LogP contribution in [0.25, 0.3) is 0 Å². The third-order valence-corrected chi connectivity index (χ3v) is 5.63. The van der Waals surface area contributed by atoms with E-state index in [1.807, 2.05) is 24.3 Å². The predicted molar refractivity (Wildman–Crippen MR) is 129 cm³/mol. The number of para-hydroxylation sites is 1. The van der Waals surface area contributed by atoms with Gasteiger partial charge in [-0.2, -0.15) is 0 Å². The molecule has 0 aromatic heterocycles. The minimum absolute atomic E-state index is 0.00777. The highest BCUT2D eigenvalue weighted by atomic mass is 127. The van der Waals surface area contributed by atoms with E-state index in [0.29, 0.717) is 22.6 Å². The summed E-state index contributed by atoms with van der Waals surface area (Å²) in [5.41, 5.74) is 2.10. The summed E-state index contributed by atoms with van der Waals surface area (Å²) in [4.78, 5) is 38.7. The fraction of sp³-hybridized carbons (Fsp3) is 0. The Morgan fingerprint density at radius 3 is 2.06 bits per heavy atom. The molecule has 31 heavy (non-hydrogen) atoms. The first-order valence-corrected chi connectivity index (χ1v) is 10.7. The van der Waals surface area contributed by atoms with Crippen LogP contribution in [0.15, 0.2) is 89.6 Å². The molecule has 0 radical (unpaired) electrons. The lowest BCUT2D eigenvalue weighted by atomic mass is 10.2. The molecular weight excluding hydrogens is 529 g/mol. The molecule has 0 saturated carbocycles. The zero-order valence-corrected chi connectivity index (χ0v) is 18.8. The number of hydrogen-bond acceptors (Lipinski definition) is 4. The average Bonchev–Trinajstić information content (AvgIpc) is 2.99. The van der Waals surface area contributed by atoms with Crippen molar-refractivity contribution in [1.82, 2.24) is 0 Å². The molecule has 0 fully saturated rings. The van der Waals surface area contributed by atoms with Gasteiger partial charge in [-0.3, -0.25) is 14.4 Å². The summed E-state index contributed by atoms with van der Waals surface area (Å²) in [5.74, 6) is -1.39. The maximum absolute atomic E-state index is 12.8. The number of imide groups is 1. The fourth-order valence-corrected chi connectivity index (χ4v) is 3.58. The molecule has 3 aromatic rings. The van der Waals surface area contributed by atoms with Crippen LogP contribution in [0.2, 0.25) is 0 Å². The molecule has 154 valence electrons. The second-order valence-corrected chi connectivity index (χ2v) is 8.26. The van der Waals surface area contributed by atoms with E-state index < -0.39 is 11.8 Å². The van der Waals surface area contributed by atoms with Gasteiger partial charge in [0.15, 0.2) is 0 Å². The van der Waals surface area contributed by atoms with Crippen molar-refractivity contribution in [2.75, 3.05) is 15.5 Å². The van der Waals surface area contributed by atoms with Crippen LogP contribution in [-0.2, 0) is 9.59 Å². The first-order chi connectivity index (χ1) is 14.9. The number of halogens is 2. The minimum atomic E-state index is -0.589. The second kappa shape index (κ2) is 8.91. The van der Waals surface area contributed by atoms with Crippen molar-refractivity contribution in [2.45, 2.75) is 0 Å². The molecule has 0 aliphatic carbocycles. The number of carbonyl (C=O) groups excluding carboxylic acids is 3. The number of anilines is 3. The number of rotatable bonds is 5. The van der Waals surface area contributed by atoms with Gasteiger partial charge in [0.1, 0.15) is 10.7 Å². The van der Waals surface area contributed by atoms with Crippen LogP contribution in [-0.4, -0.2) is 17.7 Å². The lowest BCUT2D eigenvalue weighted by Gasteiger charge is -2.15. The Labute approximate surface area is 197 Å². The Kier molecular flexibility index (Phi) is 6.06. The van der Waals surface area contributed by atoms with Crippen molar-refractivity contribution in [3.63, 3.8) is 0 Å². The van der Waals surface area contributed by atoms with Crippen LogP contribution < -0.4 is 15.5 Å². The Morgan fingerprint density at radius 2 is 1.42 bits per heavy atom. The maximum atomic E-state index is 12.8. The summed E-state index contributed by atoms with van der Waals surface area (Å²) in [7, 11) is 0. The summed E-state index contributed by atoms with van der Waals surface area (Å²) >= 11 is 8.33. The third-order valence-electron chi connectivity index (χ3n) is 4.56. The summed E-state index contributed by atoms with van der Waals surface area (Å²) in [6.45, 7) is 0. The molecule has 0 saturated heterocycles. The van der Waals surface area contributed by atoms with E-state index in [9.17, 15) is 14.4 Å². The Morgan fingerprint density at radius 1 is 0.806 bits per heavy atom. The van der Waals surface area contributed by atoms with Gasteiger partial charge < -0.3 is 10.6 Å². The molecule has 1 heterocycles. The molecule has 3 amide bonds. The zero-order chi connectivity index (χ0) is 22.0. The van der Waals surface area contributed by atoms with Gasteiger partial charge in [0, 0.05) is 20.5 Å². The van der Waals surface area contributed by atoms with Gasteiger partial charge >= 0.3 is 0 Å². The molecule has 6 nitrogen and oxygen atoms in total. The summed E-state index contributed by atoms with van der Waals surface area (Å²) in [5, 5.41) is 5.53. The lowest BCUT2D eigenvalue weighted by Crippen LogP contribution is -2.32. The van der Waals surface area contributed by atoms with Crippen molar-refractivity contribution in [1.29, 1.82) is 0 Å². The summed E-state index contributed by atoms with van der Waals surface area (Å²) in [6.07, 6.45) is 0. The largest absolute Gasteiger partial charge is 0.350 e. The predicted octanol–water partition coefficient (Wildman–Crippen LogP) is 4.98. The van der Waals surface area contributed by atoms with E-state index in [1.165, 1.54) is 0 Å². The van der Waals surface area contributed by atoms with E-state index in [1.54, 1.807) is 54.6 Å². The molecule has 0 atom stereocenters. The number of carbonyl (C=O) groups is 3. The minimum Gasteiger partial charge on any atom is -0.350 e. The summed E-state index contributed by atoms with van der Waals surface area (Å²) < 4.78 is 1.07. The molecule has 1 aliphatic heterocycles. The molecule has 2 N–H and O–H groups in total. The van der Waals surface area contributed by atoms with E-state index in [-0.39, 0.29) is 16.6 Å². The Bertz CT molecular complexity index is 1190. The first-order valence-electron chi connectivity index (χ1n) is 9.21. The van der Waals surface area contributed by atoms with Gasteiger partial charge in [-0.05, 0) is 83.3 Å². The van der Waals surface area contributed by atoms with Crippen molar-refractivity contribution in [3.8, 4) is 0 Å². The molecule has 3 aromatic carbocycles. The van der Waals surface area contributed by atoms with Crippen LogP contribution in [0, 0.1) is 3.57 Å². The van der Waals surface area contributed by atoms with Crippen LogP contribution >= 0.6 is 34.2 Å². The number of amides is 3. The molecule has 0 spiro atoms. The van der Waals surface area contributed by atoms with E-state index in [0.717, 1.165) is 8.47 Å². The smallest absolute Gasteiger partial charge is 0.283 e. The van der Waals surface area contributed by atoms with Crippen molar-refractivity contribution >= 4 is 69.0 Å². The van der Waals surface area contributed by atoms with Gasteiger partial charge in [0.25, 0.3) is 17.7 Å². The molecular formula is C23H15ClIN3O3. The van der Waals surface area contributed by atoms with E-state index >= 15 is 0 Å². The van der Waals surface area contributed by atoms with Gasteiger partial charge in [0.05, 0.1) is 5.69 Å². The SMILES string of the molecule is O=C(Nc1ccc(I)cc1)c1ccc(NC2=C(Cl)C(=O)N(c3ccccc3)C2=O)cc1. The molecule has 8 heteroatoms. The standard InChI is InChI=1S/C23H15ClIN3O3/c24-19-20(23(31)28(22(19)30)18-4-2-1-3-5-18)26-16-10-6-14(7-11-16)21(29)27-17-12-8-15(25)9-13-17/h1-13,26H,(H,27,29). The number of nitrogens with one attached hydrogen (secondary N) is 2. The van der Waals surface area contributed by atoms with Gasteiger partial charge in [-0.1, -0.05) is 29.8 Å². The highest BCUT2D eigenvalue weighted by molar-refractivity contribution is 14.1. The summed E-state index contributed by atoms with van der Waals surface area (Å²) in [6, 6.07) is 22.5. The van der Waals surface area contributed by atoms with Gasteiger partial charge in [0.2, 0.25) is 0 Å². The second-order valence-electron chi connectivity index (χ2n) is 6.63. The topological polar surface area (TPSA) is 78.5 Å². The Hall–Kier alpha value is -3.17. The number of nitrogens with zero attached hydrogens (tertiary/aromatic N) is 1. The highest BCUT2D eigenvalue weighted by Crippen LogP contribution is 2.30. The van der Waals surface area contributed by atoms with E-state index in [4.69, 9.17) is 11.6 Å². The van der Waals surface area contributed by atoms with Crippen molar-refractivity contribution < 1.29 is 14.4 Å². The van der Waals surface area contributed by atoms with Gasteiger partial charge in [-0.15, -0.1) is 0 Å². The molecule has 1 aliphatic rings. The normalized spacial score (nSPS) is 13.5. The average molecular weight is 544 g/mol. The van der Waals surface area contributed by atoms with Crippen LogP contribution in [0.5, 0.6) is 0 Å². The maximum Gasteiger partial charge on any atom is 0.283 e. The monoisotopic (exact) mass is 543 g/mol. The molecule has 0 bridgehead atoms. The zero-order valence-electron chi connectivity index (χ0n) is 15.9. The van der Waals surface area contributed by atoms with Crippen LogP contribution in [0.1, 0.15) is 10.4 Å². The fourth-order valence-electron chi connectivity index (χ4n) is 3.01. The van der Waals surface area contributed by atoms with Gasteiger partial charge in [-0.25, -0.2) is 4.90 Å². The molecule has 4 rings (SSSR count). The van der Waals surface area contributed by atoms with E-state index in [2.05, 4.69) is 33.2 Å². The Balaban J connectivity index is 1.47.